The quantitative estimate of drug-likeness (QED) is 0.0591. The van der Waals surface area contributed by atoms with Crippen molar-refractivity contribution >= 4 is 87.1 Å². The number of nitrogens with zero attached hydrogens (tertiary/aromatic N) is 4. The number of benzene rings is 5. The number of aromatic amines is 8. The lowest BCUT2D eigenvalue weighted by atomic mass is 9.90. The van der Waals surface area contributed by atoms with Crippen molar-refractivity contribution in [2.45, 2.75) is 303 Å². The summed E-state index contributed by atoms with van der Waals surface area (Å²) >= 11 is 0. The third kappa shape index (κ3) is 28.6. The summed E-state index contributed by atoms with van der Waals surface area (Å²) in [6, 6.07) is 38.5. The SMILES string of the molecule is C.C.C.C.C.C.C.C.CC(C)C1CNc2ccccc21.CC(C)c1c[nH]c2ccc(=O)[nH]c12.CC(C)c1c[nH]c2ccc(=O)n(C)c12.CC(C)c1c[nH]c2ccc(F)cc12.CC(C)c1c[nH]c2ccc(NS(C)(=O)=O)cc12.CC(C)c1c[nH]c2ccc(O)cc12.CC(C)n1[nH]c(=O)c2c1CCCC2.Cc1ccc2[nH]cc(C(C)C)c2c1.Cc1nn(C(C)C)c2c1CCCC2. The van der Waals surface area contributed by atoms with Crippen LogP contribution in [0.5, 0.6) is 5.75 Å². The Bertz CT molecular complexity index is 6050. The van der Waals surface area contributed by atoms with Gasteiger partial charge in [0.25, 0.3) is 11.1 Å². The van der Waals surface area contributed by atoms with Crippen molar-refractivity contribution in [2.75, 3.05) is 22.8 Å². The van der Waals surface area contributed by atoms with Crippen LogP contribution in [0.4, 0.5) is 15.8 Å². The third-order valence-corrected chi connectivity index (χ3v) is 23.5. The van der Waals surface area contributed by atoms with Gasteiger partial charge in [-0.25, -0.2) is 12.8 Å². The number of sulfonamides is 1. The fourth-order valence-electron chi connectivity index (χ4n) is 16.3. The highest BCUT2D eigenvalue weighted by atomic mass is 32.2. The molecule has 1 aliphatic heterocycles. The molecule has 5 aromatic carbocycles. The molecule has 0 spiro atoms. The number of halogens is 1. The van der Waals surface area contributed by atoms with Gasteiger partial charge in [0.05, 0.1) is 34.0 Å². The lowest BCUT2D eigenvalue weighted by Gasteiger charge is -2.16. The molecule has 0 bridgehead atoms. The van der Waals surface area contributed by atoms with Crippen LogP contribution in [-0.4, -0.2) is 85.3 Å². The summed E-state index contributed by atoms with van der Waals surface area (Å²) in [5, 5.41) is 24.8. The minimum Gasteiger partial charge on any atom is -0.508 e. The minimum absolute atomic E-state index is 0. The topological polar surface area (TPSA) is 284 Å². The number of aryl methyl sites for hydroxylation is 3. The van der Waals surface area contributed by atoms with Crippen molar-refractivity contribution in [3.8, 4) is 5.75 Å². The molecule has 0 saturated heterocycles. The van der Waals surface area contributed by atoms with Gasteiger partial charge in [-0.1, -0.05) is 186 Å². The normalized spacial score (nSPS) is 12.6. The number of rotatable bonds is 11. The van der Waals surface area contributed by atoms with Crippen LogP contribution in [0.2, 0.25) is 0 Å². The van der Waals surface area contributed by atoms with Gasteiger partial charge in [-0.05, 0) is 264 Å². The van der Waals surface area contributed by atoms with Crippen LogP contribution in [0.25, 0.3) is 65.7 Å². The number of anilines is 2. The number of fused-ring (bicyclic) bond motifs is 9. The van der Waals surface area contributed by atoms with E-state index in [0.717, 1.165) is 104 Å². The Balaban J connectivity index is 0.000000488. The van der Waals surface area contributed by atoms with Crippen molar-refractivity contribution in [3.05, 3.63) is 268 Å². The second kappa shape index (κ2) is 50.6. The highest BCUT2D eigenvalue weighted by Gasteiger charge is 2.25. The number of hydrogen-bond acceptors (Lipinski definition) is 8. The molecule has 710 valence electrons. The number of phenolic OH excluding ortho intramolecular Hbond substituents is 1. The van der Waals surface area contributed by atoms with E-state index in [9.17, 15) is 32.3 Å². The Morgan fingerprint density at radius 3 is 1.44 bits per heavy atom. The highest BCUT2D eigenvalue weighted by Crippen LogP contribution is 2.37. The largest absolute Gasteiger partial charge is 0.508 e. The first kappa shape index (κ1) is 114. The molecule has 0 radical (unpaired) electrons. The summed E-state index contributed by atoms with van der Waals surface area (Å²) in [6.45, 7) is 44.2. The van der Waals surface area contributed by atoms with E-state index in [-0.39, 0.29) is 81.9 Å². The second-order valence-corrected chi connectivity index (χ2v) is 37.0. The number of aromatic nitrogens is 12. The lowest BCUT2D eigenvalue weighted by Crippen LogP contribution is -2.15. The fraction of sp³-hybridized carbons (Fsp3) is 0.458. The van der Waals surface area contributed by atoms with Crippen LogP contribution in [0.15, 0.2) is 173 Å². The van der Waals surface area contributed by atoms with Crippen LogP contribution >= 0.6 is 0 Å². The Labute approximate surface area is 771 Å². The van der Waals surface area contributed by atoms with Gasteiger partial charge in [-0.15, -0.1) is 0 Å². The van der Waals surface area contributed by atoms with E-state index in [2.05, 4.69) is 247 Å². The average molecular weight is 1790 g/mol. The smallest absolute Gasteiger partial charge is 0.267 e. The van der Waals surface area contributed by atoms with Gasteiger partial charge in [0.2, 0.25) is 15.6 Å². The monoisotopic (exact) mass is 1790 g/mol. The molecule has 20 nitrogen and oxygen atoms in total. The van der Waals surface area contributed by atoms with E-state index in [1.165, 1.54) is 122 Å². The van der Waals surface area contributed by atoms with E-state index in [0.29, 0.717) is 64.9 Å². The van der Waals surface area contributed by atoms with Gasteiger partial charge in [0, 0.05) is 153 Å². The zero-order valence-electron chi connectivity index (χ0n) is 75.2. The number of hydrogen-bond donors (Lipinski definition) is 11. The van der Waals surface area contributed by atoms with Crippen molar-refractivity contribution in [1.29, 1.82) is 0 Å². The molecule has 11 heterocycles. The molecule has 1 unspecified atom stereocenters. The standard InChI is InChI=1S/C12H16N2O2S.C12H15N.C11H12FN.C11H14N2O.C11H18N2.C11H13NO.C11H15N.C10H12N2O.C10H16N2O.8CH4/c1-8(2)11-7-13-12-5-4-9(6-10(11)12)14-17(3,15)16;1-8(2)11-7-13-12-5-4-9(3)6-10(11)12;1-7(2)10-6-13-11-4-3-8(12)5-9(10)11;1-7(2)8-6-12-9-4-5-10(14)13(3)11(8)9;1-8(2)13-11-7-5-4-6-10(11)9(3)12-13;1-7(2)10-6-12-11-4-3-8(13)5-9(10)11;1-8(2)10-7-12-11-6-4-3-5-9(10)11;1-6(2)7-5-11-8-3-4-9(13)12-10(7)8;1-7(2)12-9-6-4-3-5-8(9)10(13)11-12;;;;;;;;/h4-8,13-14H,1-3H3;4-8,13H,1-3H3;3-7,13H,1-2H3;4-7,12H,1-3H3;8H,4-7H2,1-3H3;3-7,12-13H,1-2H3;3-6,8,10,12H,7H2,1-2H3;3-6,11H,1-2H3,(H,12,13);7H,3-6H2,1-2H3,(H,11,13);8*1H4. The number of pyridine rings is 2. The Hall–Kier alpha value is -11.3. The van der Waals surface area contributed by atoms with Crippen LogP contribution in [0, 0.1) is 25.6 Å². The summed E-state index contributed by atoms with van der Waals surface area (Å²) in [4.78, 5) is 56.0. The fourth-order valence-corrected chi connectivity index (χ4v) is 16.9. The molecule has 0 saturated carbocycles. The summed E-state index contributed by atoms with van der Waals surface area (Å²) in [7, 11) is -1.41. The average Bonchev–Trinajstić information content (AvgIpc) is 1.65. The lowest BCUT2D eigenvalue weighted by molar-refractivity contribution is 0.476. The summed E-state index contributed by atoms with van der Waals surface area (Å²) in [5.41, 5.74) is 27.1. The molecule has 0 amide bonds. The van der Waals surface area contributed by atoms with Crippen molar-refractivity contribution < 1.29 is 17.9 Å². The maximum atomic E-state index is 12.9. The number of nitrogens with one attached hydrogen (secondary N) is 10. The first-order valence-corrected chi connectivity index (χ1v) is 45.1. The molecule has 0 fully saturated rings. The molecule has 15 aromatic rings. The van der Waals surface area contributed by atoms with E-state index in [1.54, 1.807) is 47.0 Å². The van der Waals surface area contributed by atoms with Crippen molar-refractivity contribution in [3.63, 3.8) is 0 Å². The Morgan fingerprint density at radius 1 is 0.473 bits per heavy atom. The van der Waals surface area contributed by atoms with Crippen LogP contribution in [-0.2, 0) is 42.8 Å². The zero-order valence-corrected chi connectivity index (χ0v) is 76.0. The molecular weight excluding hydrogens is 1630 g/mol. The minimum atomic E-state index is -3.22. The zero-order chi connectivity index (χ0) is 88.0. The van der Waals surface area contributed by atoms with Gasteiger partial charge in [0.1, 0.15) is 11.6 Å². The van der Waals surface area contributed by atoms with Gasteiger partial charge in [-0.3, -0.25) is 33.6 Å². The molecular formula is C107H163FN14O6S. The number of phenols is 1. The van der Waals surface area contributed by atoms with E-state index < -0.39 is 10.0 Å². The predicted molar refractivity (Wildman–Crippen MR) is 557 cm³/mol. The third-order valence-electron chi connectivity index (χ3n) is 22.9. The number of H-pyrrole nitrogens is 8. The summed E-state index contributed by atoms with van der Waals surface area (Å²) < 4.78 is 43.7. The molecule has 3 aliphatic rings. The van der Waals surface area contributed by atoms with Crippen molar-refractivity contribution in [2.24, 2.45) is 13.0 Å². The van der Waals surface area contributed by atoms with Crippen LogP contribution < -0.4 is 26.7 Å². The molecule has 2 aliphatic carbocycles. The molecule has 1 atom stereocenters. The van der Waals surface area contributed by atoms with Crippen LogP contribution in [0.1, 0.15) is 336 Å². The van der Waals surface area contributed by atoms with Crippen molar-refractivity contribution in [1.82, 2.24) is 59.0 Å². The highest BCUT2D eigenvalue weighted by molar-refractivity contribution is 7.92. The van der Waals surface area contributed by atoms with E-state index in [1.807, 2.05) is 67.0 Å². The van der Waals surface area contributed by atoms with Gasteiger partial charge >= 0.3 is 0 Å². The predicted octanol–water partition coefficient (Wildman–Crippen LogP) is 28.9. The maximum Gasteiger partial charge on any atom is 0.267 e. The Morgan fingerprint density at radius 2 is 0.915 bits per heavy atom. The van der Waals surface area contributed by atoms with E-state index >= 15 is 0 Å². The number of para-hydroxylation sites is 1. The van der Waals surface area contributed by atoms with Gasteiger partial charge in [-0.2, -0.15) is 5.10 Å². The molecule has 18 rings (SSSR count). The maximum absolute atomic E-state index is 12.9. The number of aromatic hydroxyl groups is 1. The van der Waals surface area contributed by atoms with Gasteiger partial charge in [0.15, 0.2) is 0 Å². The van der Waals surface area contributed by atoms with Gasteiger partial charge < -0.3 is 49.9 Å². The molecule has 22 heteroatoms. The molecule has 10 aromatic heterocycles. The summed E-state index contributed by atoms with van der Waals surface area (Å²) in [5.74, 6) is 4.35. The summed E-state index contributed by atoms with van der Waals surface area (Å²) in [6.07, 6.45) is 22.7. The molecule has 11 N–H and O–H groups in total. The van der Waals surface area contributed by atoms with E-state index in [4.69, 9.17) is 0 Å². The first-order valence-electron chi connectivity index (χ1n) is 43.2. The van der Waals surface area contributed by atoms with Crippen LogP contribution in [0.3, 0.4) is 0 Å². The second-order valence-electron chi connectivity index (χ2n) is 35.2. The molecule has 129 heavy (non-hydrogen) atoms. The first-order chi connectivity index (χ1) is 57.4. The Kier molecular flexibility index (Phi) is 44.7.